The standard InChI is InChI=1S/C21H26N4O4S/c1-15-5-2-3-6-16(15)22-19(27)20-24-23-17(30-20)7-4-8-18(26)25-11-9-21(10-12-25)28-13-14-29-21/h2-3,5-6H,4,7-14H2,1H3,(H,22,27). The van der Waals surface area contributed by atoms with E-state index in [1.807, 2.05) is 36.1 Å². The van der Waals surface area contributed by atoms with Crippen molar-refractivity contribution in [3.63, 3.8) is 0 Å². The van der Waals surface area contributed by atoms with E-state index in [9.17, 15) is 9.59 Å². The lowest BCUT2D eigenvalue weighted by atomic mass is 10.0. The molecule has 9 heteroatoms. The van der Waals surface area contributed by atoms with E-state index in [0.29, 0.717) is 50.6 Å². The highest BCUT2D eigenvalue weighted by molar-refractivity contribution is 7.13. The fraction of sp³-hybridized carbons (Fsp3) is 0.524. The maximum atomic E-state index is 12.5. The van der Waals surface area contributed by atoms with Gasteiger partial charge in [-0.2, -0.15) is 0 Å². The van der Waals surface area contributed by atoms with Crippen LogP contribution < -0.4 is 5.32 Å². The van der Waals surface area contributed by atoms with Crippen LogP contribution in [0.15, 0.2) is 24.3 Å². The number of aryl methyl sites for hydroxylation is 2. The number of amides is 2. The topological polar surface area (TPSA) is 93.7 Å². The van der Waals surface area contributed by atoms with Crippen molar-refractivity contribution in [2.24, 2.45) is 0 Å². The molecular formula is C21H26N4O4S. The van der Waals surface area contributed by atoms with Crippen LogP contribution in [0.4, 0.5) is 5.69 Å². The van der Waals surface area contributed by atoms with Gasteiger partial charge in [0.25, 0.3) is 5.91 Å². The summed E-state index contributed by atoms with van der Waals surface area (Å²) < 4.78 is 11.4. The van der Waals surface area contributed by atoms with Gasteiger partial charge in [-0.25, -0.2) is 0 Å². The first-order valence-corrected chi connectivity index (χ1v) is 11.1. The summed E-state index contributed by atoms with van der Waals surface area (Å²) in [6.45, 7) is 4.55. The first-order chi connectivity index (χ1) is 14.5. The molecular weight excluding hydrogens is 404 g/mol. The number of likely N-dealkylation sites (tertiary alicyclic amines) is 1. The van der Waals surface area contributed by atoms with Crippen LogP contribution in [-0.4, -0.2) is 59.0 Å². The molecule has 0 bridgehead atoms. The van der Waals surface area contributed by atoms with Crippen molar-refractivity contribution < 1.29 is 19.1 Å². The van der Waals surface area contributed by atoms with Gasteiger partial charge in [-0.05, 0) is 25.0 Å². The van der Waals surface area contributed by atoms with Gasteiger partial charge in [0.2, 0.25) is 10.9 Å². The van der Waals surface area contributed by atoms with Gasteiger partial charge in [0.15, 0.2) is 5.79 Å². The number of carbonyl (C=O) groups is 2. The molecule has 2 aromatic rings. The second-order valence-corrected chi connectivity index (χ2v) is 8.67. The minimum Gasteiger partial charge on any atom is -0.347 e. The van der Waals surface area contributed by atoms with E-state index in [1.165, 1.54) is 11.3 Å². The molecule has 1 aromatic carbocycles. The highest BCUT2D eigenvalue weighted by atomic mass is 32.1. The number of hydrogen-bond donors (Lipinski definition) is 1. The second-order valence-electron chi connectivity index (χ2n) is 7.61. The average molecular weight is 431 g/mol. The molecule has 1 aromatic heterocycles. The predicted molar refractivity (Wildman–Crippen MR) is 112 cm³/mol. The first kappa shape index (κ1) is 20.9. The van der Waals surface area contributed by atoms with Gasteiger partial charge in [-0.1, -0.05) is 29.5 Å². The Hall–Kier alpha value is -2.36. The third kappa shape index (κ3) is 4.85. The summed E-state index contributed by atoms with van der Waals surface area (Å²) in [4.78, 5) is 26.8. The number of anilines is 1. The van der Waals surface area contributed by atoms with Crippen molar-refractivity contribution in [1.29, 1.82) is 0 Å². The molecule has 2 fully saturated rings. The van der Waals surface area contributed by atoms with Gasteiger partial charge in [0, 0.05) is 44.5 Å². The molecule has 160 valence electrons. The second kappa shape index (κ2) is 9.20. The monoisotopic (exact) mass is 430 g/mol. The van der Waals surface area contributed by atoms with Crippen LogP contribution in [-0.2, 0) is 20.7 Å². The first-order valence-electron chi connectivity index (χ1n) is 10.3. The van der Waals surface area contributed by atoms with Crippen molar-refractivity contribution in [3.05, 3.63) is 39.8 Å². The van der Waals surface area contributed by atoms with Gasteiger partial charge in [-0.15, -0.1) is 10.2 Å². The maximum absolute atomic E-state index is 12.5. The minimum absolute atomic E-state index is 0.143. The van der Waals surface area contributed by atoms with Gasteiger partial charge in [0.05, 0.1) is 13.2 Å². The number of piperidine rings is 1. The molecule has 2 aliphatic heterocycles. The highest BCUT2D eigenvalue weighted by Gasteiger charge is 2.40. The number of carbonyl (C=O) groups excluding carboxylic acids is 2. The van der Waals surface area contributed by atoms with Crippen LogP contribution in [0, 0.1) is 6.92 Å². The zero-order valence-electron chi connectivity index (χ0n) is 17.1. The van der Waals surface area contributed by atoms with Crippen LogP contribution in [0.5, 0.6) is 0 Å². The minimum atomic E-state index is -0.460. The Morgan fingerprint density at radius 3 is 2.63 bits per heavy atom. The Kier molecular flexibility index (Phi) is 6.40. The van der Waals surface area contributed by atoms with Gasteiger partial charge < -0.3 is 19.7 Å². The maximum Gasteiger partial charge on any atom is 0.286 e. The van der Waals surface area contributed by atoms with Gasteiger partial charge in [-0.3, -0.25) is 9.59 Å². The molecule has 0 atom stereocenters. The fourth-order valence-corrected chi connectivity index (χ4v) is 4.54. The Labute approximate surface area is 179 Å². The summed E-state index contributed by atoms with van der Waals surface area (Å²) in [5.41, 5.74) is 1.75. The van der Waals surface area contributed by atoms with Crippen molar-refractivity contribution in [1.82, 2.24) is 15.1 Å². The molecule has 0 aliphatic carbocycles. The molecule has 8 nitrogen and oxygen atoms in total. The largest absolute Gasteiger partial charge is 0.347 e. The number of benzene rings is 1. The number of hydrogen-bond acceptors (Lipinski definition) is 7. The third-order valence-electron chi connectivity index (χ3n) is 5.53. The van der Waals surface area contributed by atoms with Crippen LogP contribution in [0.3, 0.4) is 0 Å². The van der Waals surface area contributed by atoms with Crippen molar-refractivity contribution >= 4 is 28.8 Å². The molecule has 4 rings (SSSR count). The molecule has 0 radical (unpaired) electrons. The molecule has 2 saturated heterocycles. The summed E-state index contributed by atoms with van der Waals surface area (Å²) in [5, 5.41) is 12.1. The van der Waals surface area contributed by atoms with E-state index in [2.05, 4.69) is 15.5 Å². The van der Waals surface area contributed by atoms with Crippen LogP contribution >= 0.6 is 11.3 Å². The lowest BCUT2D eigenvalue weighted by Crippen LogP contribution is -2.47. The van der Waals surface area contributed by atoms with Crippen molar-refractivity contribution in [2.75, 3.05) is 31.6 Å². The summed E-state index contributed by atoms with van der Waals surface area (Å²) >= 11 is 1.27. The van der Waals surface area contributed by atoms with E-state index >= 15 is 0 Å². The number of para-hydroxylation sites is 1. The normalized spacial score (nSPS) is 18.0. The predicted octanol–water partition coefficient (Wildman–Crippen LogP) is 2.79. The van der Waals surface area contributed by atoms with E-state index in [-0.39, 0.29) is 11.8 Å². The molecule has 1 spiro atoms. The van der Waals surface area contributed by atoms with E-state index in [4.69, 9.17) is 9.47 Å². The van der Waals surface area contributed by atoms with E-state index in [1.54, 1.807) is 0 Å². The number of ether oxygens (including phenoxy) is 2. The Balaban J connectivity index is 1.21. The lowest BCUT2D eigenvalue weighted by molar-refractivity contribution is -0.187. The zero-order valence-corrected chi connectivity index (χ0v) is 17.9. The average Bonchev–Trinajstić information content (AvgIpc) is 3.40. The van der Waals surface area contributed by atoms with Gasteiger partial charge in [0.1, 0.15) is 5.01 Å². The molecule has 3 heterocycles. The van der Waals surface area contributed by atoms with Crippen LogP contribution in [0.25, 0.3) is 0 Å². The molecule has 0 unspecified atom stereocenters. The smallest absolute Gasteiger partial charge is 0.286 e. The fourth-order valence-electron chi connectivity index (χ4n) is 3.77. The van der Waals surface area contributed by atoms with Crippen LogP contribution in [0.1, 0.15) is 46.1 Å². The summed E-state index contributed by atoms with van der Waals surface area (Å²) in [7, 11) is 0. The highest BCUT2D eigenvalue weighted by Crippen LogP contribution is 2.31. The molecule has 2 aliphatic rings. The summed E-state index contributed by atoms with van der Waals surface area (Å²) in [6, 6.07) is 7.59. The number of aromatic nitrogens is 2. The number of nitrogens with one attached hydrogen (secondary N) is 1. The van der Waals surface area contributed by atoms with Crippen LogP contribution in [0.2, 0.25) is 0 Å². The van der Waals surface area contributed by atoms with E-state index in [0.717, 1.165) is 29.1 Å². The Morgan fingerprint density at radius 2 is 1.90 bits per heavy atom. The summed E-state index contributed by atoms with van der Waals surface area (Å²) in [6.07, 6.45) is 3.23. The lowest BCUT2D eigenvalue weighted by Gasteiger charge is -2.37. The van der Waals surface area contributed by atoms with Gasteiger partial charge >= 0.3 is 0 Å². The van der Waals surface area contributed by atoms with E-state index < -0.39 is 5.79 Å². The quantitative estimate of drug-likeness (QED) is 0.757. The number of rotatable bonds is 6. The molecule has 30 heavy (non-hydrogen) atoms. The van der Waals surface area contributed by atoms with Crippen molar-refractivity contribution in [3.8, 4) is 0 Å². The SMILES string of the molecule is Cc1ccccc1NC(=O)c1nnc(CCCC(=O)N2CCC3(CC2)OCCO3)s1. The Morgan fingerprint density at radius 1 is 1.17 bits per heavy atom. The summed E-state index contributed by atoms with van der Waals surface area (Å²) in [5.74, 6) is -0.578. The molecule has 2 amide bonds. The van der Waals surface area contributed by atoms with Crippen molar-refractivity contribution in [2.45, 2.75) is 44.8 Å². The molecule has 1 N–H and O–H groups in total. The Bertz CT molecular complexity index is 900. The third-order valence-corrected chi connectivity index (χ3v) is 6.51. The zero-order chi connectivity index (χ0) is 21.0. The number of nitrogens with zero attached hydrogens (tertiary/aromatic N) is 3. The molecule has 0 saturated carbocycles.